The number of nitroso groups, excluding NO2 is 1. The summed E-state index contributed by atoms with van der Waals surface area (Å²) in [4.78, 5) is 10.2. The van der Waals surface area contributed by atoms with Gasteiger partial charge >= 0.3 is 0 Å². The average molecular weight is 245 g/mol. The Morgan fingerprint density at radius 1 is 1.78 bits per heavy atom. The number of nitrogens with zero attached hydrogens (tertiary/aromatic N) is 1. The van der Waals surface area contributed by atoms with E-state index in [0.717, 1.165) is 2.97 Å². The van der Waals surface area contributed by atoms with E-state index in [1.165, 1.54) is 7.05 Å². The first kappa shape index (κ1) is 9.25. The van der Waals surface area contributed by atoms with Crippen LogP contribution < -0.4 is 27.9 Å². The van der Waals surface area contributed by atoms with Gasteiger partial charge in [0.1, 0.15) is 0 Å². The van der Waals surface area contributed by atoms with Gasteiger partial charge in [-0.15, -0.1) is 2.97 Å². The second-order valence-electron chi connectivity index (χ2n) is 1.85. The third-order valence-electron chi connectivity index (χ3n) is 0.863. The standard InChI is InChI=1S/C4H10IN2O2/c1-6(8)3-2-4-7(5)9/h6H,2-4H2,1H3. The molecule has 0 bridgehead atoms. The Hall–Kier alpha value is 0.250. The van der Waals surface area contributed by atoms with Crippen LogP contribution in [0.3, 0.4) is 0 Å². The average Bonchev–Trinajstić information content (AvgIpc) is 1.63. The van der Waals surface area contributed by atoms with Crippen molar-refractivity contribution >= 4 is 0 Å². The molecular formula is C4H10IN2O2. The molecule has 0 aliphatic rings. The Bertz CT molecular complexity index is 96.6. The van der Waals surface area contributed by atoms with Crippen molar-refractivity contribution in [3.8, 4) is 0 Å². The molecule has 0 aliphatic heterocycles. The fraction of sp³-hybridized carbons (Fsp3) is 1.00. The summed E-state index contributed by atoms with van der Waals surface area (Å²) in [5, 5.41) is 10.4. The molecule has 1 atom stereocenters. The maximum absolute atomic E-state index is 10.3. The van der Waals surface area contributed by atoms with Crippen LogP contribution in [0.2, 0.25) is 0 Å². The van der Waals surface area contributed by atoms with E-state index in [9.17, 15) is 10.1 Å². The molecule has 0 heterocycles. The van der Waals surface area contributed by atoms with Crippen LogP contribution in [0.1, 0.15) is 6.42 Å². The van der Waals surface area contributed by atoms with E-state index in [4.69, 9.17) is 0 Å². The molecule has 5 heteroatoms. The predicted octanol–water partition coefficient (Wildman–Crippen LogP) is -4.36. The molecule has 1 N–H and O–H groups in total. The molecule has 0 aromatic carbocycles. The Kier molecular flexibility index (Phi) is 5.21. The van der Waals surface area contributed by atoms with Crippen LogP contribution in [-0.4, -0.2) is 23.1 Å². The predicted molar refractivity (Wildman–Crippen MR) is 28.2 cm³/mol. The summed E-state index contributed by atoms with van der Waals surface area (Å²) >= 11 is 1.66. The van der Waals surface area contributed by atoms with Gasteiger partial charge in [0, 0.05) is 0 Å². The van der Waals surface area contributed by atoms with Gasteiger partial charge in [-0.2, -0.15) is 0 Å². The van der Waals surface area contributed by atoms with Gasteiger partial charge in [0.15, 0.2) is 6.54 Å². The number of halogens is 1. The number of hydrogen-bond acceptors (Lipinski definition) is 2. The van der Waals surface area contributed by atoms with Gasteiger partial charge in [-0.05, 0) is 4.91 Å². The number of hydroxylamine groups is 2. The minimum Gasteiger partial charge on any atom is -0.634 e. The highest BCUT2D eigenvalue weighted by Crippen LogP contribution is 1.67. The largest absolute Gasteiger partial charge is 0.634 e. The molecule has 55 valence electrons. The summed E-state index contributed by atoms with van der Waals surface area (Å²) in [5.74, 6) is 0. The van der Waals surface area contributed by atoms with Crippen molar-refractivity contribution in [1.29, 1.82) is 0 Å². The molecule has 1 radical (unpaired) electrons. The fourth-order valence-corrected chi connectivity index (χ4v) is 0.793. The molecule has 4 nitrogen and oxygen atoms in total. The molecule has 1 unspecified atom stereocenters. The van der Waals surface area contributed by atoms with E-state index in [1.807, 2.05) is 0 Å². The van der Waals surface area contributed by atoms with E-state index in [-0.39, 0.29) is 5.06 Å². The summed E-state index contributed by atoms with van der Waals surface area (Å²) in [6, 6.07) is 0. The van der Waals surface area contributed by atoms with Crippen LogP contribution >= 0.6 is 0 Å². The fourth-order valence-electron chi connectivity index (χ4n) is 0.452. The second-order valence-corrected chi connectivity index (χ2v) is 2.92. The minimum atomic E-state index is 0.147. The molecule has 0 fully saturated rings. The zero-order chi connectivity index (χ0) is 7.28. The molecular weight excluding hydrogens is 235 g/mol. The van der Waals surface area contributed by atoms with Crippen LogP contribution in [0.15, 0.2) is 0 Å². The SMILES string of the molecule is C[NH+]([O-])CCC[N+](=O)[I-]. The molecule has 0 aromatic rings. The van der Waals surface area contributed by atoms with Crippen molar-refractivity contribution < 1.29 is 30.9 Å². The van der Waals surface area contributed by atoms with Gasteiger partial charge < -0.3 is 33.1 Å². The Balaban J connectivity index is 3.01. The quantitative estimate of drug-likeness (QED) is 0.309. The smallest absolute Gasteiger partial charge is 0.168 e. The second kappa shape index (κ2) is 5.07. The topological polar surface area (TPSA) is 47.6 Å². The first-order chi connectivity index (χ1) is 4.13. The lowest BCUT2D eigenvalue weighted by molar-refractivity contribution is -1.07. The van der Waals surface area contributed by atoms with Gasteiger partial charge in [0.05, 0.1) is 20.0 Å². The Morgan fingerprint density at radius 2 is 2.33 bits per heavy atom. The zero-order valence-electron chi connectivity index (χ0n) is 5.26. The zero-order valence-corrected chi connectivity index (χ0v) is 7.42. The van der Waals surface area contributed by atoms with Crippen molar-refractivity contribution in [2.75, 3.05) is 20.1 Å². The van der Waals surface area contributed by atoms with Crippen LogP contribution in [0.5, 0.6) is 0 Å². The number of hydrogen-bond donors (Lipinski definition) is 1. The van der Waals surface area contributed by atoms with E-state index in [0.29, 0.717) is 19.5 Å². The summed E-state index contributed by atoms with van der Waals surface area (Å²) in [7, 11) is 1.53. The summed E-state index contributed by atoms with van der Waals surface area (Å²) in [5.41, 5.74) is 0. The van der Waals surface area contributed by atoms with Gasteiger partial charge in [0.2, 0.25) is 0 Å². The highest BCUT2D eigenvalue weighted by atomic mass is 127. The van der Waals surface area contributed by atoms with Gasteiger partial charge in [0.25, 0.3) is 0 Å². The summed E-state index contributed by atoms with van der Waals surface area (Å²) in [6.45, 7) is 0.960. The lowest BCUT2D eigenvalue weighted by atomic mass is 10.4. The van der Waals surface area contributed by atoms with Crippen LogP contribution in [0.4, 0.5) is 0 Å². The number of nitrogens with one attached hydrogen (secondary N) is 1. The van der Waals surface area contributed by atoms with Crippen LogP contribution in [-0.2, 0) is 0 Å². The molecule has 0 aliphatic carbocycles. The van der Waals surface area contributed by atoms with Gasteiger partial charge in [-0.25, -0.2) is 0 Å². The normalized spacial score (nSPS) is 13.2. The molecule has 0 amide bonds. The molecule has 9 heavy (non-hydrogen) atoms. The lowest BCUT2D eigenvalue weighted by Crippen LogP contribution is -3.39. The molecule has 0 rings (SSSR count). The summed E-state index contributed by atoms with van der Waals surface area (Å²) < 4.78 is 0.806. The minimum absolute atomic E-state index is 0.147. The van der Waals surface area contributed by atoms with Gasteiger partial charge in [-0.3, -0.25) is 0 Å². The van der Waals surface area contributed by atoms with E-state index >= 15 is 0 Å². The van der Waals surface area contributed by atoms with Crippen molar-refractivity contribution in [3.63, 3.8) is 0 Å². The Morgan fingerprint density at radius 3 is 2.67 bits per heavy atom. The van der Waals surface area contributed by atoms with E-state index < -0.39 is 0 Å². The molecule has 0 saturated heterocycles. The van der Waals surface area contributed by atoms with Crippen LogP contribution in [0, 0.1) is 10.1 Å². The maximum Gasteiger partial charge on any atom is 0.168 e. The third-order valence-corrected chi connectivity index (χ3v) is 1.35. The first-order valence-electron chi connectivity index (χ1n) is 2.73. The highest BCUT2D eigenvalue weighted by Gasteiger charge is 1.93. The van der Waals surface area contributed by atoms with Crippen LogP contribution in [0.25, 0.3) is 0 Å². The van der Waals surface area contributed by atoms with E-state index in [2.05, 4.69) is 0 Å². The molecule has 0 aromatic heterocycles. The third kappa shape index (κ3) is 8.25. The Labute approximate surface area is 67.9 Å². The summed E-state index contributed by atoms with van der Waals surface area (Å²) in [6.07, 6.45) is 0.668. The van der Waals surface area contributed by atoms with Crippen molar-refractivity contribution in [3.05, 3.63) is 10.1 Å². The first-order valence-corrected chi connectivity index (χ1v) is 3.69. The number of rotatable bonds is 4. The lowest BCUT2D eigenvalue weighted by Gasteiger charge is -2.14. The van der Waals surface area contributed by atoms with Gasteiger partial charge in [-0.1, -0.05) is 0 Å². The van der Waals surface area contributed by atoms with Crippen molar-refractivity contribution in [2.24, 2.45) is 0 Å². The molecule has 0 saturated carbocycles. The monoisotopic (exact) mass is 245 g/mol. The molecule has 0 spiro atoms. The number of quaternary nitrogens is 1. The maximum atomic E-state index is 10.3. The highest BCUT2D eigenvalue weighted by molar-refractivity contribution is 4.26. The van der Waals surface area contributed by atoms with Crippen molar-refractivity contribution in [2.45, 2.75) is 6.42 Å². The van der Waals surface area contributed by atoms with E-state index in [1.54, 1.807) is 22.9 Å². The van der Waals surface area contributed by atoms with Crippen molar-refractivity contribution in [1.82, 2.24) is 0 Å².